The van der Waals surface area contributed by atoms with E-state index >= 15 is 0 Å². The molecule has 1 saturated heterocycles. The monoisotopic (exact) mass is 612 g/mol. The van der Waals surface area contributed by atoms with Gasteiger partial charge in [-0.25, -0.2) is 4.98 Å². The fourth-order valence-corrected chi connectivity index (χ4v) is 5.62. The molecule has 3 heterocycles. The van der Waals surface area contributed by atoms with E-state index in [1.807, 2.05) is 60.7 Å². The first kappa shape index (κ1) is 30.1. The maximum absolute atomic E-state index is 13.1. The molecule has 0 unspecified atom stereocenters. The summed E-state index contributed by atoms with van der Waals surface area (Å²) in [5, 5.41) is 0. The molecule has 0 radical (unpaired) electrons. The Morgan fingerprint density at radius 2 is 1.49 bits per heavy atom. The molecule has 1 fully saturated rings. The molecule has 6 rings (SSSR count). The van der Waals surface area contributed by atoms with Crippen molar-refractivity contribution in [1.29, 1.82) is 0 Å². The van der Waals surface area contributed by atoms with E-state index in [9.17, 15) is 22.8 Å². The van der Waals surface area contributed by atoms with Crippen molar-refractivity contribution >= 4 is 17.3 Å². The van der Waals surface area contributed by atoms with E-state index < -0.39 is 11.7 Å². The number of carbonyl (C=O) groups is 2. The normalized spacial score (nSPS) is 14.1. The van der Waals surface area contributed by atoms with Gasteiger partial charge in [0.2, 0.25) is 0 Å². The van der Waals surface area contributed by atoms with Crippen LogP contribution in [0.5, 0.6) is 5.75 Å². The number of hydrogen-bond donors (Lipinski definition) is 0. The molecule has 0 spiro atoms. The summed E-state index contributed by atoms with van der Waals surface area (Å²) in [5.74, 6) is 0.450. The van der Waals surface area contributed by atoms with Crippen molar-refractivity contribution in [3.05, 3.63) is 114 Å². The zero-order chi connectivity index (χ0) is 31.7. The average molecular weight is 613 g/mol. The van der Waals surface area contributed by atoms with Crippen LogP contribution >= 0.6 is 0 Å². The molecule has 1 aliphatic rings. The average Bonchev–Trinajstić information content (AvgIpc) is 3.42. The Kier molecular flexibility index (Phi) is 8.16. The Balaban J connectivity index is 1.27. The highest BCUT2D eigenvalue weighted by Crippen LogP contribution is 2.32. The summed E-state index contributed by atoms with van der Waals surface area (Å²) < 4.78 is 46.5. The van der Waals surface area contributed by atoms with Crippen LogP contribution in [0.1, 0.15) is 38.9 Å². The number of pyridine rings is 1. The lowest BCUT2D eigenvalue weighted by Gasteiger charge is -2.34. The number of piperazine rings is 1. The van der Waals surface area contributed by atoms with Gasteiger partial charge in [0.1, 0.15) is 11.4 Å². The van der Waals surface area contributed by atoms with Gasteiger partial charge in [0, 0.05) is 55.6 Å². The number of alkyl halides is 3. The highest BCUT2D eigenvalue weighted by atomic mass is 19.4. The number of benzene rings is 3. The van der Waals surface area contributed by atoms with Crippen LogP contribution in [0.15, 0.2) is 91.1 Å². The third kappa shape index (κ3) is 6.32. The van der Waals surface area contributed by atoms with Gasteiger partial charge in [0.05, 0.1) is 24.1 Å². The number of imidazole rings is 1. The summed E-state index contributed by atoms with van der Waals surface area (Å²) >= 11 is 0. The van der Waals surface area contributed by atoms with E-state index in [0.29, 0.717) is 38.3 Å². The fraction of sp³-hybridized carbons (Fsp3) is 0.229. The van der Waals surface area contributed by atoms with Gasteiger partial charge in [-0.15, -0.1) is 0 Å². The standard InChI is InChI=1S/C35H31F3N4O3/c1-23(43)24-6-8-25(9-7-24)28-12-15-32-39-33(27-4-3-5-30(20-27)45-2)31(42(32)21-28)22-40-16-18-41(19-17-40)34(44)26-10-13-29(14-11-26)35(36,37)38/h3-15,20-21H,16-19,22H2,1-2H3. The first-order valence-electron chi connectivity index (χ1n) is 14.6. The van der Waals surface area contributed by atoms with Gasteiger partial charge >= 0.3 is 6.18 Å². The summed E-state index contributed by atoms with van der Waals surface area (Å²) in [5.41, 5.74) is 5.55. The number of carbonyl (C=O) groups excluding carboxylic acids is 2. The smallest absolute Gasteiger partial charge is 0.416 e. The Morgan fingerprint density at radius 3 is 2.13 bits per heavy atom. The van der Waals surface area contributed by atoms with Crippen LogP contribution in [-0.4, -0.2) is 64.2 Å². The summed E-state index contributed by atoms with van der Waals surface area (Å²) in [7, 11) is 1.62. The summed E-state index contributed by atoms with van der Waals surface area (Å²) in [6.07, 6.45) is -2.40. The molecular weight excluding hydrogens is 581 g/mol. The van der Waals surface area contributed by atoms with Gasteiger partial charge in [0.15, 0.2) is 5.78 Å². The first-order chi connectivity index (χ1) is 21.6. The van der Waals surface area contributed by atoms with Gasteiger partial charge in [-0.05, 0) is 66.6 Å². The molecule has 2 aromatic heterocycles. The minimum Gasteiger partial charge on any atom is -0.497 e. The number of ketones is 1. The molecule has 1 amide bonds. The van der Waals surface area contributed by atoms with E-state index in [2.05, 4.69) is 15.5 Å². The third-order valence-electron chi connectivity index (χ3n) is 8.18. The van der Waals surface area contributed by atoms with Crippen LogP contribution in [0.25, 0.3) is 28.0 Å². The number of methoxy groups -OCH3 is 1. The minimum absolute atomic E-state index is 0.0120. The van der Waals surface area contributed by atoms with E-state index in [1.54, 1.807) is 18.9 Å². The summed E-state index contributed by atoms with van der Waals surface area (Å²) in [6.45, 7) is 4.16. The maximum Gasteiger partial charge on any atom is 0.416 e. The number of nitrogens with zero attached hydrogens (tertiary/aromatic N) is 4. The van der Waals surface area contributed by atoms with Crippen LogP contribution in [0.4, 0.5) is 13.2 Å². The third-order valence-corrected chi connectivity index (χ3v) is 8.18. The first-order valence-corrected chi connectivity index (χ1v) is 14.6. The van der Waals surface area contributed by atoms with Gasteiger partial charge in [-0.2, -0.15) is 13.2 Å². The number of rotatable bonds is 7. The van der Waals surface area contributed by atoms with Gasteiger partial charge in [-0.3, -0.25) is 14.5 Å². The molecule has 3 aromatic carbocycles. The number of halogens is 3. The molecule has 0 aliphatic carbocycles. The second-order valence-corrected chi connectivity index (χ2v) is 11.1. The number of aromatic nitrogens is 2. The van der Waals surface area contributed by atoms with Crippen molar-refractivity contribution < 1.29 is 27.5 Å². The van der Waals surface area contributed by atoms with Crippen LogP contribution < -0.4 is 4.74 Å². The molecule has 7 nitrogen and oxygen atoms in total. The lowest BCUT2D eigenvalue weighted by molar-refractivity contribution is -0.137. The Labute approximate surface area is 258 Å². The number of amides is 1. The Bertz CT molecular complexity index is 1860. The minimum atomic E-state index is -4.45. The molecule has 0 atom stereocenters. The zero-order valence-corrected chi connectivity index (χ0v) is 24.8. The summed E-state index contributed by atoms with van der Waals surface area (Å²) in [4.78, 5) is 33.8. The lowest BCUT2D eigenvalue weighted by atomic mass is 10.0. The predicted molar refractivity (Wildman–Crippen MR) is 165 cm³/mol. The number of hydrogen-bond acceptors (Lipinski definition) is 5. The highest BCUT2D eigenvalue weighted by molar-refractivity contribution is 5.95. The van der Waals surface area contributed by atoms with E-state index in [1.165, 1.54) is 12.1 Å². The van der Waals surface area contributed by atoms with E-state index in [0.717, 1.165) is 51.6 Å². The second-order valence-electron chi connectivity index (χ2n) is 11.1. The number of ether oxygens (including phenoxy) is 1. The predicted octanol–water partition coefficient (Wildman–Crippen LogP) is 6.86. The quantitative estimate of drug-likeness (QED) is 0.188. The molecule has 230 valence electrons. The second kappa shape index (κ2) is 12.2. The van der Waals surface area contributed by atoms with Crippen LogP contribution in [-0.2, 0) is 12.7 Å². The molecule has 0 saturated carbocycles. The largest absolute Gasteiger partial charge is 0.497 e. The maximum atomic E-state index is 13.1. The van der Waals surface area contributed by atoms with Crippen LogP contribution in [0.3, 0.4) is 0 Å². The van der Waals surface area contributed by atoms with Gasteiger partial charge in [0.25, 0.3) is 5.91 Å². The zero-order valence-electron chi connectivity index (χ0n) is 24.8. The molecular formula is C35H31F3N4O3. The fourth-order valence-electron chi connectivity index (χ4n) is 5.62. The van der Waals surface area contributed by atoms with Gasteiger partial charge < -0.3 is 14.0 Å². The topological polar surface area (TPSA) is 67.2 Å². The van der Waals surface area contributed by atoms with Crippen molar-refractivity contribution in [1.82, 2.24) is 19.2 Å². The molecule has 10 heteroatoms. The highest BCUT2D eigenvalue weighted by Gasteiger charge is 2.31. The van der Waals surface area contributed by atoms with Crippen LogP contribution in [0.2, 0.25) is 0 Å². The molecule has 1 aliphatic heterocycles. The van der Waals surface area contributed by atoms with Crippen molar-refractivity contribution in [2.45, 2.75) is 19.6 Å². The van der Waals surface area contributed by atoms with Crippen molar-refractivity contribution in [2.75, 3.05) is 33.3 Å². The summed E-state index contributed by atoms with van der Waals surface area (Å²) in [6, 6.07) is 23.6. The Morgan fingerprint density at radius 1 is 0.822 bits per heavy atom. The van der Waals surface area contributed by atoms with E-state index in [-0.39, 0.29) is 17.3 Å². The lowest BCUT2D eigenvalue weighted by Crippen LogP contribution is -2.48. The van der Waals surface area contributed by atoms with Crippen LogP contribution in [0, 0.1) is 0 Å². The Hall–Kier alpha value is -4.96. The number of fused-ring (bicyclic) bond motifs is 1. The molecule has 0 N–H and O–H groups in total. The van der Waals surface area contributed by atoms with Crippen molar-refractivity contribution in [3.63, 3.8) is 0 Å². The SMILES string of the molecule is COc1cccc(-c2nc3ccc(-c4ccc(C(C)=O)cc4)cn3c2CN2CCN(C(=O)c3ccc(C(F)(F)F)cc3)CC2)c1. The molecule has 0 bridgehead atoms. The van der Waals surface area contributed by atoms with Crippen molar-refractivity contribution in [3.8, 4) is 28.1 Å². The molecule has 45 heavy (non-hydrogen) atoms. The van der Waals surface area contributed by atoms with Gasteiger partial charge in [-0.1, -0.05) is 36.4 Å². The van der Waals surface area contributed by atoms with E-state index in [4.69, 9.17) is 9.72 Å². The molecule has 5 aromatic rings. The number of Topliss-reactive ketones (excluding diaryl/α,β-unsaturated/α-hetero) is 1. The van der Waals surface area contributed by atoms with Crippen molar-refractivity contribution in [2.24, 2.45) is 0 Å².